The van der Waals surface area contributed by atoms with Gasteiger partial charge in [0.15, 0.2) is 0 Å². The minimum Gasteiger partial charge on any atom is -0.490 e. The second kappa shape index (κ2) is 8.94. The van der Waals surface area contributed by atoms with Gasteiger partial charge in [0.25, 0.3) is 0 Å². The van der Waals surface area contributed by atoms with Gasteiger partial charge in [0.2, 0.25) is 5.95 Å². The van der Waals surface area contributed by atoms with Gasteiger partial charge in [-0.2, -0.15) is 0 Å². The van der Waals surface area contributed by atoms with E-state index in [0.717, 1.165) is 29.8 Å². The predicted octanol–water partition coefficient (Wildman–Crippen LogP) is 4.64. The van der Waals surface area contributed by atoms with Crippen LogP contribution < -0.4 is 10.1 Å². The van der Waals surface area contributed by atoms with E-state index >= 15 is 0 Å². The number of carbonyl (C=O) groups is 1. The topological polar surface area (TPSA) is 76.6 Å². The van der Waals surface area contributed by atoms with E-state index in [1.165, 1.54) is 0 Å². The van der Waals surface area contributed by atoms with Gasteiger partial charge in [-0.25, -0.2) is 14.8 Å². The van der Waals surface area contributed by atoms with E-state index in [1.54, 1.807) is 23.4 Å². The third-order valence-electron chi connectivity index (χ3n) is 4.41. The van der Waals surface area contributed by atoms with E-state index in [9.17, 15) is 4.79 Å². The fraction of sp³-hybridized carbons (Fsp3) is 0.409. The van der Waals surface area contributed by atoms with Crippen LogP contribution in [0.2, 0.25) is 0 Å². The number of benzene rings is 1. The Hall–Kier alpha value is -3.09. The number of hydrogen-bond acceptors (Lipinski definition) is 6. The number of anilines is 2. The molecule has 1 aliphatic heterocycles. The van der Waals surface area contributed by atoms with Crippen LogP contribution in [0.4, 0.5) is 16.4 Å². The van der Waals surface area contributed by atoms with Crippen molar-refractivity contribution in [1.29, 1.82) is 0 Å². The summed E-state index contributed by atoms with van der Waals surface area (Å²) in [5.74, 6) is 1.33. The Kier molecular flexibility index (Phi) is 6.36. The van der Waals surface area contributed by atoms with E-state index in [4.69, 9.17) is 9.47 Å². The Morgan fingerprint density at radius 2 is 1.79 bits per heavy atom. The summed E-state index contributed by atoms with van der Waals surface area (Å²) in [5.41, 5.74) is 1.28. The highest BCUT2D eigenvalue weighted by atomic mass is 16.6. The summed E-state index contributed by atoms with van der Waals surface area (Å²) in [6, 6.07) is 7.69. The van der Waals surface area contributed by atoms with Gasteiger partial charge in [0.1, 0.15) is 17.5 Å². The van der Waals surface area contributed by atoms with Gasteiger partial charge in [-0.1, -0.05) is 12.7 Å². The third-order valence-corrected chi connectivity index (χ3v) is 4.41. The second-order valence-corrected chi connectivity index (χ2v) is 7.98. The highest BCUT2D eigenvalue weighted by Crippen LogP contribution is 2.23. The summed E-state index contributed by atoms with van der Waals surface area (Å²) in [7, 11) is 0. The van der Waals surface area contributed by atoms with E-state index in [1.807, 2.05) is 45.0 Å². The molecule has 154 valence electrons. The molecule has 0 radical (unpaired) electrons. The third kappa shape index (κ3) is 6.20. The number of amides is 1. The van der Waals surface area contributed by atoms with Crippen LogP contribution in [0.25, 0.3) is 6.08 Å². The molecule has 0 bridgehead atoms. The van der Waals surface area contributed by atoms with Crippen LogP contribution in [0.15, 0.2) is 43.2 Å². The lowest BCUT2D eigenvalue weighted by Crippen LogP contribution is -2.44. The van der Waals surface area contributed by atoms with Crippen molar-refractivity contribution in [3.63, 3.8) is 0 Å². The molecule has 0 saturated carbocycles. The van der Waals surface area contributed by atoms with Crippen molar-refractivity contribution in [3.05, 3.63) is 48.8 Å². The normalized spacial score (nSPS) is 14.9. The number of nitrogens with one attached hydrogen (secondary N) is 1. The van der Waals surface area contributed by atoms with Crippen molar-refractivity contribution in [2.45, 2.75) is 45.3 Å². The van der Waals surface area contributed by atoms with Crippen molar-refractivity contribution in [2.24, 2.45) is 0 Å². The zero-order valence-corrected chi connectivity index (χ0v) is 17.2. The molecule has 0 spiro atoms. The summed E-state index contributed by atoms with van der Waals surface area (Å²) in [6.07, 6.45) is 6.52. The Labute approximate surface area is 171 Å². The van der Waals surface area contributed by atoms with Gasteiger partial charge in [0.05, 0.1) is 0 Å². The molecule has 1 N–H and O–H groups in total. The molecule has 0 aliphatic carbocycles. The van der Waals surface area contributed by atoms with E-state index in [0.29, 0.717) is 19.0 Å². The SMILES string of the molecule is C=Cc1cnc(Nc2ccc(OC3CCN(C(=O)OC(C)(C)C)CC3)cc2)nc1. The lowest BCUT2D eigenvalue weighted by atomic mass is 10.1. The first-order valence-electron chi connectivity index (χ1n) is 9.78. The van der Waals surface area contributed by atoms with E-state index in [2.05, 4.69) is 21.9 Å². The van der Waals surface area contributed by atoms with Crippen LogP contribution in [-0.2, 0) is 4.74 Å². The molecule has 2 aromatic rings. The van der Waals surface area contributed by atoms with Crippen LogP contribution in [0, 0.1) is 0 Å². The van der Waals surface area contributed by atoms with Gasteiger partial charge < -0.3 is 19.7 Å². The van der Waals surface area contributed by atoms with Gasteiger partial charge in [-0.3, -0.25) is 0 Å². The van der Waals surface area contributed by atoms with Crippen LogP contribution in [0.5, 0.6) is 5.75 Å². The van der Waals surface area contributed by atoms with Crippen molar-refractivity contribution >= 4 is 23.8 Å². The molecule has 1 aromatic heterocycles. The fourth-order valence-corrected chi connectivity index (χ4v) is 2.93. The van der Waals surface area contributed by atoms with Crippen molar-refractivity contribution in [3.8, 4) is 5.75 Å². The number of rotatable bonds is 5. The number of aromatic nitrogens is 2. The Bertz CT molecular complexity index is 821. The minimum absolute atomic E-state index is 0.0854. The molecule has 7 heteroatoms. The van der Waals surface area contributed by atoms with Crippen molar-refractivity contribution < 1.29 is 14.3 Å². The number of hydrogen-bond donors (Lipinski definition) is 1. The standard InChI is InChI=1S/C22H28N4O3/c1-5-16-14-23-20(24-15-16)25-17-6-8-18(9-7-17)28-19-10-12-26(13-11-19)21(27)29-22(2,3)4/h5-9,14-15,19H,1,10-13H2,2-4H3,(H,23,24,25). The molecule has 1 fully saturated rings. The maximum atomic E-state index is 12.1. The highest BCUT2D eigenvalue weighted by molar-refractivity contribution is 5.68. The van der Waals surface area contributed by atoms with Crippen LogP contribution in [0.3, 0.4) is 0 Å². The number of piperidine rings is 1. The first kappa shape index (κ1) is 20.6. The Balaban J connectivity index is 1.48. The Morgan fingerprint density at radius 1 is 1.17 bits per heavy atom. The maximum absolute atomic E-state index is 12.1. The van der Waals surface area contributed by atoms with Crippen LogP contribution >= 0.6 is 0 Å². The largest absolute Gasteiger partial charge is 0.490 e. The monoisotopic (exact) mass is 396 g/mol. The smallest absolute Gasteiger partial charge is 0.410 e. The fourth-order valence-electron chi connectivity index (χ4n) is 2.93. The van der Waals surface area contributed by atoms with Crippen molar-refractivity contribution in [1.82, 2.24) is 14.9 Å². The number of carbonyl (C=O) groups excluding carboxylic acids is 1. The van der Waals surface area contributed by atoms with E-state index < -0.39 is 5.60 Å². The second-order valence-electron chi connectivity index (χ2n) is 7.98. The van der Waals surface area contributed by atoms with Gasteiger partial charge in [0, 0.05) is 49.6 Å². The molecular weight excluding hydrogens is 368 g/mol. The molecule has 1 amide bonds. The molecule has 3 rings (SSSR count). The van der Waals surface area contributed by atoms with Gasteiger partial charge in [-0.15, -0.1) is 0 Å². The quantitative estimate of drug-likeness (QED) is 0.793. The molecule has 2 heterocycles. The molecular formula is C22H28N4O3. The number of ether oxygens (including phenoxy) is 2. The maximum Gasteiger partial charge on any atom is 0.410 e. The van der Waals surface area contributed by atoms with Gasteiger partial charge >= 0.3 is 6.09 Å². The minimum atomic E-state index is -0.473. The first-order valence-corrected chi connectivity index (χ1v) is 9.78. The number of likely N-dealkylation sites (tertiary alicyclic amines) is 1. The summed E-state index contributed by atoms with van der Waals surface area (Å²) >= 11 is 0. The average molecular weight is 396 g/mol. The van der Waals surface area contributed by atoms with E-state index in [-0.39, 0.29) is 12.2 Å². The molecule has 0 unspecified atom stereocenters. The summed E-state index contributed by atoms with van der Waals surface area (Å²) in [6.45, 7) is 10.6. The molecule has 1 aromatic carbocycles. The van der Waals surface area contributed by atoms with Crippen LogP contribution in [0.1, 0.15) is 39.2 Å². The zero-order chi connectivity index (χ0) is 20.9. The summed E-state index contributed by atoms with van der Waals surface area (Å²) < 4.78 is 11.5. The summed E-state index contributed by atoms with van der Waals surface area (Å²) in [4.78, 5) is 22.4. The molecule has 0 atom stereocenters. The lowest BCUT2D eigenvalue weighted by Gasteiger charge is -2.33. The average Bonchev–Trinajstić information content (AvgIpc) is 2.69. The molecule has 7 nitrogen and oxygen atoms in total. The zero-order valence-electron chi connectivity index (χ0n) is 17.2. The first-order chi connectivity index (χ1) is 13.8. The summed E-state index contributed by atoms with van der Waals surface area (Å²) in [5, 5.41) is 3.15. The number of nitrogens with zero attached hydrogens (tertiary/aromatic N) is 3. The Morgan fingerprint density at radius 3 is 2.34 bits per heavy atom. The molecule has 1 saturated heterocycles. The molecule has 1 aliphatic rings. The highest BCUT2D eigenvalue weighted by Gasteiger charge is 2.27. The van der Waals surface area contributed by atoms with Crippen LogP contribution in [-0.4, -0.2) is 45.8 Å². The van der Waals surface area contributed by atoms with Gasteiger partial charge in [-0.05, 0) is 45.0 Å². The molecule has 29 heavy (non-hydrogen) atoms. The predicted molar refractivity (Wildman–Crippen MR) is 113 cm³/mol. The van der Waals surface area contributed by atoms with Crippen molar-refractivity contribution in [2.75, 3.05) is 18.4 Å². The lowest BCUT2D eigenvalue weighted by molar-refractivity contribution is 0.0126.